The van der Waals surface area contributed by atoms with Gasteiger partial charge in [0.1, 0.15) is 0 Å². The first-order valence-corrected chi connectivity index (χ1v) is 11.7. The first-order chi connectivity index (χ1) is 14.5. The maximum absolute atomic E-state index is 13.5. The smallest absolute Gasteiger partial charge is 0.223 e. The molecule has 156 valence electrons. The second kappa shape index (κ2) is 6.57. The predicted molar refractivity (Wildman–Crippen MR) is 115 cm³/mol. The second-order valence-electron chi connectivity index (χ2n) is 10.7. The summed E-state index contributed by atoms with van der Waals surface area (Å²) in [6.07, 6.45) is 8.27. The van der Waals surface area contributed by atoms with Crippen molar-refractivity contribution in [3.8, 4) is 6.07 Å². The normalized spacial score (nSPS) is 33.5. The van der Waals surface area contributed by atoms with Gasteiger partial charge in [0.25, 0.3) is 0 Å². The highest BCUT2D eigenvalue weighted by molar-refractivity contribution is 5.87. The van der Waals surface area contributed by atoms with E-state index in [4.69, 9.17) is 0 Å². The molecule has 2 aromatic rings. The van der Waals surface area contributed by atoms with Gasteiger partial charge in [-0.3, -0.25) is 9.89 Å². The topological polar surface area (TPSA) is 72.8 Å². The van der Waals surface area contributed by atoms with Crippen LogP contribution in [-0.2, 0) is 4.79 Å². The number of hydrogen-bond donors (Lipinski definition) is 1. The van der Waals surface area contributed by atoms with E-state index < -0.39 is 0 Å². The Morgan fingerprint density at radius 1 is 1.30 bits per heavy atom. The van der Waals surface area contributed by atoms with Crippen LogP contribution in [0.4, 0.5) is 0 Å². The Kier molecular flexibility index (Phi) is 4.04. The monoisotopic (exact) mass is 402 g/mol. The van der Waals surface area contributed by atoms with Gasteiger partial charge < -0.3 is 4.90 Å². The van der Waals surface area contributed by atoms with Crippen LogP contribution in [0.15, 0.2) is 18.2 Å². The molecule has 2 aliphatic heterocycles. The third-order valence-corrected chi connectivity index (χ3v) is 8.34. The van der Waals surface area contributed by atoms with Crippen LogP contribution < -0.4 is 0 Å². The molecule has 3 aliphatic carbocycles. The molecule has 7 rings (SSSR count). The zero-order valence-electron chi connectivity index (χ0n) is 17.7. The van der Waals surface area contributed by atoms with Crippen LogP contribution in [0.5, 0.6) is 0 Å². The molecule has 4 bridgehead atoms. The summed E-state index contributed by atoms with van der Waals surface area (Å²) in [5.74, 6) is 2.18. The average molecular weight is 403 g/mol. The van der Waals surface area contributed by atoms with E-state index in [-0.39, 0.29) is 23.3 Å². The number of amides is 1. The lowest BCUT2D eigenvalue weighted by molar-refractivity contribution is -0.134. The van der Waals surface area contributed by atoms with E-state index in [0.717, 1.165) is 43.4 Å². The first-order valence-electron chi connectivity index (χ1n) is 11.7. The number of H-pyrrole nitrogens is 1. The van der Waals surface area contributed by atoms with E-state index in [0.29, 0.717) is 24.2 Å². The maximum atomic E-state index is 13.5. The summed E-state index contributed by atoms with van der Waals surface area (Å²) in [4.78, 5) is 15.7. The molecule has 30 heavy (non-hydrogen) atoms. The van der Waals surface area contributed by atoms with Gasteiger partial charge in [-0.15, -0.1) is 0 Å². The molecule has 2 saturated heterocycles. The average Bonchev–Trinajstić information content (AvgIpc) is 3.51. The Bertz CT molecular complexity index is 1050. The molecule has 5 fully saturated rings. The van der Waals surface area contributed by atoms with Crippen molar-refractivity contribution in [3.05, 3.63) is 29.5 Å². The quantitative estimate of drug-likeness (QED) is 0.793. The minimum atomic E-state index is -0.171. The van der Waals surface area contributed by atoms with Gasteiger partial charge in [-0.1, -0.05) is 19.1 Å². The Balaban J connectivity index is 1.25. The zero-order valence-corrected chi connectivity index (χ0v) is 17.7. The number of nitrogens with zero attached hydrogens (tertiary/aromatic N) is 3. The number of aromatic amines is 1. The molecule has 5 nitrogen and oxygen atoms in total. The summed E-state index contributed by atoms with van der Waals surface area (Å²) in [5.41, 5.74) is 3.37. The molecule has 0 spiro atoms. The molecule has 1 aromatic carbocycles. The van der Waals surface area contributed by atoms with E-state index in [9.17, 15) is 10.1 Å². The van der Waals surface area contributed by atoms with Gasteiger partial charge in [0.05, 0.1) is 17.0 Å². The van der Waals surface area contributed by atoms with Crippen molar-refractivity contribution >= 4 is 16.8 Å². The van der Waals surface area contributed by atoms with Crippen molar-refractivity contribution in [2.45, 2.75) is 76.2 Å². The molecular weight excluding hydrogens is 372 g/mol. The number of fused-ring (bicyclic) bond motifs is 2. The Labute approximate surface area is 177 Å². The number of carbonyl (C=O) groups is 1. The van der Waals surface area contributed by atoms with E-state index in [1.54, 1.807) is 0 Å². The van der Waals surface area contributed by atoms with Crippen LogP contribution in [-0.4, -0.2) is 33.6 Å². The third-order valence-electron chi connectivity index (χ3n) is 8.34. The summed E-state index contributed by atoms with van der Waals surface area (Å²) in [5, 5.41) is 18.9. The molecule has 5 atom stereocenters. The number of nitrogens with one attached hydrogen (secondary N) is 1. The van der Waals surface area contributed by atoms with Gasteiger partial charge in [-0.2, -0.15) is 10.4 Å². The van der Waals surface area contributed by atoms with Crippen molar-refractivity contribution < 1.29 is 4.79 Å². The van der Waals surface area contributed by atoms with Crippen molar-refractivity contribution in [1.82, 2.24) is 15.1 Å². The predicted octanol–water partition coefficient (Wildman–Crippen LogP) is 4.86. The van der Waals surface area contributed by atoms with Gasteiger partial charge in [0.15, 0.2) is 0 Å². The summed E-state index contributed by atoms with van der Waals surface area (Å²) in [7, 11) is 0. The molecule has 1 aromatic heterocycles. The number of hydrogen-bond acceptors (Lipinski definition) is 3. The largest absolute Gasteiger partial charge is 0.339 e. The molecule has 0 radical (unpaired) electrons. The lowest BCUT2D eigenvalue weighted by atomic mass is 9.60. The van der Waals surface area contributed by atoms with Crippen LogP contribution in [0, 0.1) is 28.6 Å². The summed E-state index contributed by atoms with van der Waals surface area (Å²) in [6, 6.07) is 9.33. The second-order valence-corrected chi connectivity index (χ2v) is 10.7. The SMILES string of the molecule is CC(CC(=O)N1CC2CC3CC1CC(C#N)(C3)C2)c1[nH]nc2cccc(C3CC3)c12. The fraction of sp³-hybridized carbons (Fsp3) is 0.640. The first kappa shape index (κ1) is 18.4. The van der Waals surface area contributed by atoms with Crippen LogP contribution in [0.1, 0.15) is 81.4 Å². The number of benzene rings is 1. The number of aromatic nitrogens is 2. The molecule has 1 N–H and O–H groups in total. The fourth-order valence-electron chi connectivity index (χ4n) is 7.03. The lowest BCUT2D eigenvalue weighted by Gasteiger charge is -2.44. The van der Waals surface area contributed by atoms with Gasteiger partial charge in [-0.25, -0.2) is 0 Å². The minimum Gasteiger partial charge on any atom is -0.339 e. The molecule has 5 unspecified atom stereocenters. The highest BCUT2D eigenvalue weighted by Gasteiger charge is 2.52. The lowest BCUT2D eigenvalue weighted by Crippen LogP contribution is -2.44. The van der Waals surface area contributed by atoms with Gasteiger partial charge >= 0.3 is 0 Å². The summed E-state index contributed by atoms with van der Waals surface area (Å²) in [6.45, 7) is 3.01. The fourth-order valence-corrected chi connectivity index (χ4v) is 7.03. The van der Waals surface area contributed by atoms with Crippen molar-refractivity contribution in [3.63, 3.8) is 0 Å². The van der Waals surface area contributed by atoms with Gasteiger partial charge in [-0.05, 0) is 74.3 Å². The molecule has 3 heterocycles. The van der Waals surface area contributed by atoms with Crippen LogP contribution in [0.3, 0.4) is 0 Å². The van der Waals surface area contributed by atoms with E-state index >= 15 is 0 Å². The summed E-state index contributed by atoms with van der Waals surface area (Å²) < 4.78 is 0. The number of rotatable bonds is 4. The van der Waals surface area contributed by atoms with Crippen molar-refractivity contribution in [2.24, 2.45) is 17.3 Å². The zero-order chi connectivity index (χ0) is 20.5. The molecule has 5 aliphatic rings. The van der Waals surface area contributed by atoms with Gasteiger partial charge in [0.2, 0.25) is 5.91 Å². The highest BCUT2D eigenvalue weighted by Crippen LogP contribution is 2.54. The standard InChI is InChI=1S/C25H30N4O/c1-15(24-23-20(18-5-6-18)3-2-4-21(23)27-28-24)7-22(30)29-13-17-8-16-9-19(29)12-25(10-16,11-17)14-26/h2-4,15-19H,5-13H2,1H3,(H,27,28). The van der Waals surface area contributed by atoms with Crippen LogP contribution in [0.25, 0.3) is 10.9 Å². The van der Waals surface area contributed by atoms with Gasteiger partial charge in [0, 0.05) is 36.0 Å². The third kappa shape index (κ3) is 2.87. The van der Waals surface area contributed by atoms with E-state index in [2.05, 4.69) is 46.3 Å². The molecule has 5 heteroatoms. The Morgan fingerprint density at radius 2 is 2.13 bits per heavy atom. The number of nitriles is 1. The minimum absolute atomic E-state index is 0.116. The molecule has 3 saturated carbocycles. The van der Waals surface area contributed by atoms with Crippen molar-refractivity contribution in [1.29, 1.82) is 5.26 Å². The van der Waals surface area contributed by atoms with Crippen LogP contribution in [0.2, 0.25) is 0 Å². The number of carbonyl (C=O) groups excluding carboxylic acids is 1. The van der Waals surface area contributed by atoms with E-state index in [1.807, 2.05) is 0 Å². The highest BCUT2D eigenvalue weighted by atomic mass is 16.2. The van der Waals surface area contributed by atoms with Crippen molar-refractivity contribution in [2.75, 3.05) is 6.54 Å². The molecule has 1 amide bonds. The Hall–Kier alpha value is -2.35. The Morgan fingerprint density at radius 3 is 2.93 bits per heavy atom. The van der Waals surface area contributed by atoms with Crippen LogP contribution >= 0.6 is 0 Å². The maximum Gasteiger partial charge on any atom is 0.223 e. The summed E-state index contributed by atoms with van der Waals surface area (Å²) >= 11 is 0. The molecular formula is C25H30N4O. The van der Waals surface area contributed by atoms with E-state index in [1.165, 1.54) is 30.2 Å².